The van der Waals surface area contributed by atoms with Crippen LogP contribution in [-0.2, 0) is 11.8 Å². The first-order chi connectivity index (χ1) is 38.0. The van der Waals surface area contributed by atoms with E-state index in [1.807, 2.05) is 52.8 Å². The van der Waals surface area contributed by atoms with Crippen molar-refractivity contribution in [1.82, 2.24) is 0 Å². The Morgan fingerprint density at radius 1 is 0.590 bits per heavy atom. The van der Waals surface area contributed by atoms with Crippen LogP contribution in [0.15, 0.2) is 303 Å². The predicted octanol–water partition coefficient (Wildman–Crippen LogP) is 19.2. The molecule has 0 nitrogen and oxygen atoms in total. The van der Waals surface area contributed by atoms with Gasteiger partial charge in [-0.25, -0.2) is 0 Å². The second-order valence-electron chi connectivity index (χ2n) is 18.9. The molecule has 0 aromatic heterocycles. The minimum Gasteiger partial charge on any atom is -0.106 e. The topological polar surface area (TPSA) is 0 Å². The van der Waals surface area contributed by atoms with E-state index >= 15 is 0 Å². The van der Waals surface area contributed by atoms with Crippen molar-refractivity contribution < 1.29 is 0 Å². The number of allylic oxidation sites excluding steroid dienone is 24. The van der Waals surface area contributed by atoms with Gasteiger partial charge in [-0.2, -0.15) is 0 Å². The second-order valence-corrected chi connectivity index (χ2v) is 18.9. The molecule has 1 aliphatic carbocycles. The van der Waals surface area contributed by atoms with Crippen molar-refractivity contribution in [1.29, 1.82) is 0 Å². The fourth-order valence-electron chi connectivity index (χ4n) is 8.86. The molecule has 6 aromatic rings. The van der Waals surface area contributed by atoms with Crippen LogP contribution in [-0.4, -0.2) is 0 Å². The Bertz CT molecular complexity index is 3520. The molecule has 0 unspecified atom stereocenters. The molecular formula is C78H84. The maximum atomic E-state index is 4.41. The number of hydrogen-bond acceptors (Lipinski definition) is 0. The molecule has 0 heteroatoms. The fraction of sp³-hybridized carbons (Fsp3) is 0.154. The fourth-order valence-corrected chi connectivity index (χ4v) is 8.86. The van der Waals surface area contributed by atoms with E-state index in [0.29, 0.717) is 0 Å². The zero-order valence-electron chi connectivity index (χ0n) is 48.1. The molecule has 0 spiro atoms. The number of hydrogen-bond donors (Lipinski definition) is 0. The van der Waals surface area contributed by atoms with Crippen LogP contribution in [0.2, 0.25) is 0 Å². The molecule has 0 heterocycles. The molecule has 7 rings (SSSR count). The zero-order chi connectivity index (χ0) is 56.5. The molecule has 78 heavy (non-hydrogen) atoms. The van der Waals surface area contributed by atoms with Gasteiger partial charge in [0.25, 0.3) is 0 Å². The quantitative estimate of drug-likeness (QED) is 0.0710. The normalized spacial score (nSPS) is 15.6. The Morgan fingerprint density at radius 2 is 1.24 bits per heavy atom. The highest BCUT2D eigenvalue weighted by Crippen LogP contribution is 2.36. The van der Waals surface area contributed by atoms with E-state index in [4.69, 9.17) is 0 Å². The van der Waals surface area contributed by atoms with Gasteiger partial charge in [-0.3, -0.25) is 0 Å². The van der Waals surface area contributed by atoms with Gasteiger partial charge in [0.05, 0.1) is 0 Å². The Balaban J connectivity index is 0.000000470. The highest BCUT2D eigenvalue weighted by molar-refractivity contribution is 5.87. The van der Waals surface area contributed by atoms with Crippen LogP contribution in [0.4, 0.5) is 0 Å². The lowest BCUT2D eigenvalue weighted by molar-refractivity contribution is 0.529. The van der Waals surface area contributed by atoms with Crippen LogP contribution in [0.5, 0.6) is 0 Å². The van der Waals surface area contributed by atoms with Crippen LogP contribution in [0.25, 0.3) is 57.8 Å². The van der Waals surface area contributed by atoms with Gasteiger partial charge in [0.1, 0.15) is 0 Å². The summed E-state index contributed by atoms with van der Waals surface area (Å²) in [5, 5.41) is 7.23. The molecule has 6 aromatic carbocycles. The van der Waals surface area contributed by atoms with E-state index in [0.717, 1.165) is 46.8 Å². The molecule has 0 aliphatic heterocycles. The summed E-state index contributed by atoms with van der Waals surface area (Å²) in [6.45, 7) is 35.8. The van der Waals surface area contributed by atoms with Gasteiger partial charge >= 0.3 is 0 Å². The summed E-state index contributed by atoms with van der Waals surface area (Å²) in [7, 11) is 0. The maximum absolute atomic E-state index is 4.41. The summed E-state index contributed by atoms with van der Waals surface area (Å²) >= 11 is 0. The summed E-state index contributed by atoms with van der Waals surface area (Å²) in [5.41, 5.74) is 12.9. The molecule has 1 aliphatic rings. The van der Waals surface area contributed by atoms with Crippen LogP contribution in [0.3, 0.4) is 0 Å². The smallest absolute Gasteiger partial charge is 0.00657 e. The van der Waals surface area contributed by atoms with Gasteiger partial charge < -0.3 is 0 Å². The summed E-state index contributed by atoms with van der Waals surface area (Å²) in [4.78, 5) is 0. The zero-order valence-corrected chi connectivity index (χ0v) is 48.1. The van der Waals surface area contributed by atoms with Crippen molar-refractivity contribution in [2.24, 2.45) is 0 Å². The van der Waals surface area contributed by atoms with Crippen LogP contribution in [0, 0.1) is 0 Å². The Hall–Kier alpha value is -8.58. The van der Waals surface area contributed by atoms with Crippen molar-refractivity contribution in [3.8, 4) is 22.3 Å². The van der Waals surface area contributed by atoms with E-state index in [9.17, 15) is 0 Å². The molecule has 0 fully saturated rings. The van der Waals surface area contributed by atoms with Crippen molar-refractivity contribution >= 4 is 35.6 Å². The molecule has 396 valence electrons. The molecule has 0 amide bonds. The number of benzene rings is 6. The summed E-state index contributed by atoms with van der Waals surface area (Å²) in [6, 6.07) is 47.4. The largest absolute Gasteiger partial charge is 0.106 e. The Kier molecular flexibility index (Phi) is 27.1. The van der Waals surface area contributed by atoms with Gasteiger partial charge in [-0.15, -0.1) is 13.2 Å². The molecular weight excluding hydrogens is 937 g/mol. The van der Waals surface area contributed by atoms with Gasteiger partial charge in [-0.05, 0) is 150 Å². The number of rotatable bonds is 15. The molecule has 0 N–H and O–H groups in total. The minimum absolute atomic E-state index is 0.0542. The molecule has 0 saturated heterocycles. The van der Waals surface area contributed by atoms with Crippen LogP contribution < -0.4 is 20.9 Å². The van der Waals surface area contributed by atoms with Gasteiger partial charge in [0.15, 0.2) is 0 Å². The SMILES string of the molecule is C=C.C=C(/C=C\C)/C=C(\C=C/CC)C(=C)\C=C/C=C(/C=C\C=C\C=C\C=c1\cccc\c1=C\C=C\C)C1=C\CC(C)(C)c2cc(-c3ccccc3)ccc2C\C=C/1.C=c1c(-c2ccc3ccccc3c2)ccc/c1=C/C.CC. The van der Waals surface area contributed by atoms with Crippen molar-refractivity contribution in [3.05, 3.63) is 335 Å². The molecule has 0 radical (unpaired) electrons. The van der Waals surface area contributed by atoms with E-state index in [1.54, 1.807) is 0 Å². The standard InChI is InChI=1S/C55H58.C19H16.C2H6.C2H4/c1-8-11-27-46-33-21-22-34-47(46)29-17-14-13-15-18-30-48(35-23-26-45(5)52(28-12-9-2)42-44(4)25-10-3)50-36-24-37-51-38-39-53(49-31-19-16-20-32-49)43-54(51)55(6,7)41-40-50;1-3-15-9-6-10-19(14(15)2)18-12-11-16-7-4-5-8-17(16)13-18;2*1-2/h8,10-36,38-40,42-43H,4-5,9,37,41H2,1-3,6-7H3;3-13H,2H2,1H3;1-2H3;1-2H2/b11-8+,15-13+,17-14+,25-10-,26-23-,28-12-,30-18-,36-24-,46-27-,47-29-,48-35-,50-40+,52-42+;15-3-;;. The van der Waals surface area contributed by atoms with Crippen molar-refractivity contribution in [3.63, 3.8) is 0 Å². The third-order valence-corrected chi connectivity index (χ3v) is 13.0. The van der Waals surface area contributed by atoms with E-state index in [-0.39, 0.29) is 5.41 Å². The van der Waals surface area contributed by atoms with E-state index < -0.39 is 0 Å². The van der Waals surface area contributed by atoms with E-state index in [1.165, 1.54) is 65.4 Å². The lowest BCUT2D eigenvalue weighted by Crippen LogP contribution is -2.24. The van der Waals surface area contributed by atoms with Crippen LogP contribution in [0.1, 0.15) is 79.4 Å². The predicted molar refractivity (Wildman–Crippen MR) is 352 cm³/mol. The average Bonchev–Trinajstić information content (AvgIpc) is 3.59. The van der Waals surface area contributed by atoms with E-state index in [2.05, 4.69) is 303 Å². The third kappa shape index (κ3) is 19.2. The highest BCUT2D eigenvalue weighted by atomic mass is 14.3. The number of fused-ring (bicyclic) bond motifs is 2. The minimum atomic E-state index is -0.0542. The average molecular weight is 1020 g/mol. The molecule has 0 atom stereocenters. The lowest BCUT2D eigenvalue weighted by Gasteiger charge is -2.27. The first-order valence-electron chi connectivity index (χ1n) is 27.5. The lowest BCUT2D eigenvalue weighted by atomic mass is 9.77. The Labute approximate surface area is 470 Å². The Morgan fingerprint density at radius 3 is 1.95 bits per heavy atom. The van der Waals surface area contributed by atoms with Gasteiger partial charge in [0, 0.05) is 0 Å². The van der Waals surface area contributed by atoms with Crippen LogP contribution >= 0.6 is 0 Å². The summed E-state index contributed by atoms with van der Waals surface area (Å²) < 4.78 is 0. The second kappa shape index (κ2) is 34.2. The molecule has 0 saturated carbocycles. The van der Waals surface area contributed by atoms with Crippen molar-refractivity contribution in [2.45, 2.75) is 80.1 Å². The summed E-state index contributed by atoms with van der Waals surface area (Å²) in [6.07, 6.45) is 49.7. The first kappa shape index (κ1) is 62.0. The summed E-state index contributed by atoms with van der Waals surface area (Å²) in [5.74, 6) is 0. The van der Waals surface area contributed by atoms with Gasteiger partial charge in [0.2, 0.25) is 0 Å². The monoisotopic (exact) mass is 1020 g/mol. The molecule has 0 bridgehead atoms. The van der Waals surface area contributed by atoms with Crippen molar-refractivity contribution in [2.75, 3.05) is 0 Å². The third-order valence-electron chi connectivity index (χ3n) is 13.0. The van der Waals surface area contributed by atoms with Gasteiger partial charge in [-0.1, -0.05) is 309 Å². The maximum Gasteiger partial charge on any atom is -0.00657 e. The highest BCUT2D eigenvalue weighted by Gasteiger charge is 2.24. The first-order valence-corrected chi connectivity index (χ1v) is 27.5.